The molecule has 2 rings (SSSR count). The molecule has 0 aliphatic carbocycles. The highest BCUT2D eigenvalue weighted by Crippen LogP contribution is 2.50. The Hall–Kier alpha value is -0.0400. The van der Waals surface area contributed by atoms with Gasteiger partial charge in [-0.3, -0.25) is 4.67 Å². The van der Waals surface area contributed by atoms with Crippen LogP contribution in [-0.2, 0) is 11.3 Å². The summed E-state index contributed by atoms with van der Waals surface area (Å²) in [6.07, 6.45) is 0.540. The molecule has 3 nitrogen and oxygen atoms in total. The fourth-order valence-electron chi connectivity index (χ4n) is 2.82. The van der Waals surface area contributed by atoms with Crippen LogP contribution in [0.25, 0.3) is 0 Å². The van der Waals surface area contributed by atoms with E-state index in [0.717, 1.165) is 13.0 Å². The van der Waals surface area contributed by atoms with Crippen LogP contribution < -0.4 is 0 Å². The number of aliphatic hydroxyl groups is 1. The second kappa shape index (κ2) is 7.69. The monoisotopic (exact) mass is 341 g/mol. The lowest BCUT2D eigenvalue weighted by Crippen LogP contribution is -2.47. The molecule has 1 fully saturated rings. The molecule has 0 bridgehead atoms. The molecular weight excluding hydrogens is 312 g/mol. The third kappa shape index (κ3) is 4.73. The molecule has 1 N–H and O–H groups in total. The standard InChI is InChI=1S/C17H29NO2P2/c1-13(2)10-15(16(19)17(3)12-20-17)18(22(4)21)11-14-8-6-5-7-9-14/h5-9,13,15-16,19H,10-12,21H2,1-4H3/t15-,16+,17+,22?/m0/s1. The molecule has 0 radical (unpaired) electrons. The van der Waals surface area contributed by atoms with E-state index in [9.17, 15) is 5.11 Å². The molecular formula is C17H29NO2P2. The summed E-state index contributed by atoms with van der Waals surface area (Å²) < 4.78 is 7.98. The predicted octanol–water partition coefficient (Wildman–Crippen LogP) is 3.87. The summed E-state index contributed by atoms with van der Waals surface area (Å²) in [4.78, 5) is 0. The molecule has 22 heavy (non-hydrogen) atoms. The fraction of sp³-hybridized carbons (Fsp3) is 0.647. The third-order valence-corrected chi connectivity index (χ3v) is 6.42. The number of hydrogen-bond acceptors (Lipinski definition) is 3. The predicted molar refractivity (Wildman–Crippen MR) is 98.1 cm³/mol. The Morgan fingerprint density at radius 2 is 1.95 bits per heavy atom. The van der Waals surface area contributed by atoms with Crippen molar-refractivity contribution >= 4 is 16.7 Å². The average molecular weight is 341 g/mol. The Labute approximate surface area is 138 Å². The molecule has 1 heterocycles. The van der Waals surface area contributed by atoms with Gasteiger partial charge in [-0.05, 0) is 39.3 Å². The Morgan fingerprint density at radius 1 is 1.36 bits per heavy atom. The van der Waals surface area contributed by atoms with Gasteiger partial charge in [-0.25, -0.2) is 0 Å². The zero-order valence-corrected chi connectivity index (χ0v) is 16.1. The highest BCUT2D eigenvalue weighted by molar-refractivity contribution is 8.11. The summed E-state index contributed by atoms with van der Waals surface area (Å²) in [5.74, 6) is 0.542. The smallest absolute Gasteiger partial charge is 0.116 e. The molecule has 0 amide bonds. The van der Waals surface area contributed by atoms with Crippen LogP contribution in [0.5, 0.6) is 0 Å². The molecule has 1 saturated heterocycles. The minimum absolute atomic E-state index is 0.126. The molecule has 1 aliphatic heterocycles. The molecule has 0 saturated carbocycles. The van der Waals surface area contributed by atoms with E-state index in [1.54, 1.807) is 0 Å². The number of aliphatic hydroxyl groups excluding tert-OH is 1. The van der Waals surface area contributed by atoms with E-state index in [-0.39, 0.29) is 19.4 Å². The van der Waals surface area contributed by atoms with Gasteiger partial charge in [-0.2, -0.15) is 0 Å². The highest BCUT2D eigenvalue weighted by atomic mass is 32.0. The van der Waals surface area contributed by atoms with Crippen molar-refractivity contribution in [1.82, 2.24) is 4.67 Å². The largest absolute Gasteiger partial charge is 0.388 e. The van der Waals surface area contributed by atoms with Crippen molar-refractivity contribution in [3.05, 3.63) is 35.9 Å². The van der Waals surface area contributed by atoms with Gasteiger partial charge in [0.2, 0.25) is 0 Å². The summed E-state index contributed by atoms with van der Waals surface area (Å²) in [6, 6.07) is 10.6. The van der Waals surface area contributed by atoms with E-state index >= 15 is 0 Å². The third-order valence-electron chi connectivity index (χ3n) is 4.28. The van der Waals surface area contributed by atoms with Gasteiger partial charge in [0.25, 0.3) is 0 Å². The second-order valence-electron chi connectivity index (χ2n) is 6.90. The van der Waals surface area contributed by atoms with Crippen LogP contribution in [0.15, 0.2) is 30.3 Å². The molecule has 1 aromatic rings. The van der Waals surface area contributed by atoms with Crippen LogP contribution >= 0.6 is 16.7 Å². The van der Waals surface area contributed by atoms with Crippen molar-refractivity contribution in [2.24, 2.45) is 5.92 Å². The summed E-state index contributed by atoms with van der Waals surface area (Å²) >= 11 is 0. The van der Waals surface area contributed by atoms with Gasteiger partial charge in [0, 0.05) is 12.6 Å². The number of epoxide rings is 1. The van der Waals surface area contributed by atoms with E-state index in [2.05, 4.69) is 58.4 Å². The van der Waals surface area contributed by atoms with E-state index in [1.165, 1.54) is 5.56 Å². The number of hydrogen-bond donors (Lipinski definition) is 1. The highest BCUT2D eigenvalue weighted by Gasteiger charge is 2.51. The van der Waals surface area contributed by atoms with Crippen molar-refractivity contribution in [3.63, 3.8) is 0 Å². The maximum Gasteiger partial charge on any atom is 0.116 e. The van der Waals surface area contributed by atoms with Crippen molar-refractivity contribution in [2.45, 2.75) is 51.5 Å². The van der Waals surface area contributed by atoms with E-state index < -0.39 is 6.10 Å². The summed E-state index contributed by atoms with van der Waals surface area (Å²) in [5, 5.41) is 10.9. The summed E-state index contributed by atoms with van der Waals surface area (Å²) in [6.45, 7) is 10.2. The Kier molecular flexibility index (Phi) is 6.39. The van der Waals surface area contributed by atoms with Crippen molar-refractivity contribution < 1.29 is 9.84 Å². The van der Waals surface area contributed by atoms with Crippen LogP contribution in [0.3, 0.4) is 0 Å². The van der Waals surface area contributed by atoms with Crippen LogP contribution in [0.2, 0.25) is 0 Å². The fourth-order valence-corrected chi connectivity index (χ4v) is 4.65. The first-order chi connectivity index (χ1) is 10.3. The molecule has 0 aromatic heterocycles. The zero-order chi connectivity index (χ0) is 16.3. The quantitative estimate of drug-likeness (QED) is 0.576. The van der Waals surface area contributed by atoms with Crippen molar-refractivity contribution in [2.75, 3.05) is 13.3 Å². The Balaban J connectivity index is 2.19. The van der Waals surface area contributed by atoms with Gasteiger partial charge in [0.1, 0.15) is 11.7 Å². The number of ether oxygens (including phenoxy) is 1. The first-order valence-corrected chi connectivity index (χ1v) is 11.3. The van der Waals surface area contributed by atoms with Crippen LogP contribution in [0, 0.1) is 5.92 Å². The van der Waals surface area contributed by atoms with Gasteiger partial charge in [0.05, 0.1) is 6.61 Å². The van der Waals surface area contributed by atoms with Gasteiger partial charge in [-0.15, -0.1) is 0 Å². The van der Waals surface area contributed by atoms with E-state index in [1.807, 2.05) is 13.0 Å². The van der Waals surface area contributed by atoms with Gasteiger partial charge in [-0.1, -0.05) is 53.1 Å². The first kappa shape index (κ1) is 18.3. The molecule has 124 valence electrons. The lowest BCUT2D eigenvalue weighted by atomic mass is 9.91. The minimum atomic E-state index is -0.441. The second-order valence-corrected chi connectivity index (χ2v) is 10.8. The van der Waals surface area contributed by atoms with Crippen molar-refractivity contribution in [3.8, 4) is 0 Å². The maximum absolute atomic E-state index is 10.9. The maximum atomic E-state index is 10.9. The summed E-state index contributed by atoms with van der Waals surface area (Å²) in [7, 11) is 2.57. The number of rotatable bonds is 8. The molecule has 2 unspecified atom stereocenters. The lowest BCUT2D eigenvalue weighted by molar-refractivity contribution is 0.0184. The number of benzene rings is 1. The molecule has 0 spiro atoms. The summed E-state index contributed by atoms with van der Waals surface area (Å²) in [5.41, 5.74) is 0.937. The minimum Gasteiger partial charge on any atom is -0.388 e. The van der Waals surface area contributed by atoms with Gasteiger partial charge in [0.15, 0.2) is 0 Å². The number of nitrogens with zero attached hydrogens (tertiary/aromatic N) is 1. The van der Waals surface area contributed by atoms with Gasteiger partial charge >= 0.3 is 0 Å². The van der Waals surface area contributed by atoms with E-state index in [4.69, 9.17) is 4.74 Å². The van der Waals surface area contributed by atoms with Gasteiger partial charge < -0.3 is 9.84 Å². The molecule has 1 aromatic carbocycles. The first-order valence-electron chi connectivity index (χ1n) is 7.94. The lowest BCUT2D eigenvalue weighted by Gasteiger charge is -2.39. The zero-order valence-electron chi connectivity index (χ0n) is 14.1. The van der Waals surface area contributed by atoms with Crippen LogP contribution in [0.4, 0.5) is 0 Å². The average Bonchev–Trinajstić information content (AvgIpc) is 3.21. The Bertz CT molecular complexity index is 463. The normalized spacial score (nSPS) is 25.3. The van der Waals surface area contributed by atoms with E-state index in [0.29, 0.717) is 12.5 Å². The topological polar surface area (TPSA) is 36.0 Å². The van der Waals surface area contributed by atoms with Crippen LogP contribution in [0.1, 0.15) is 32.8 Å². The molecule has 1 aliphatic rings. The Morgan fingerprint density at radius 3 is 2.41 bits per heavy atom. The SMILES string of the molecule is CC(C)C[C@@H]([C@@H](O)[C@@]1(C)CO1)N(Cc1ccccc1)P(C)P. The molecule has 5 heteroatoms. The molecule has 5 atom stereocenters. The van der Waals surface area contributed by atoms with Crippen molar-refractivity contribution in [1.29, 1.82) is 0 Å². The van der Waals surface area contributed by atoms with Crippen LogP contribution in [-0.4, -0.2) is 40.8 Å².